The molecule has 2 aromatic heterocycles. The van der Waals surface area contributed by atoms with Crippen LogP contribution in [0.2, 0.25) is 0 Å². The summed E-state index contributed by atoms with van der Waals surface area (Å²) >= 11 is 0. The number of carbonyl (C=O) groups is 2. The Morgan fingerprint density at radius 3 is 2.67 bits per heavy atom. The van der Waals surface area contributed by atoms with Crippen molar-refractivity contribution in [1.82, 2.24) is 19.6 Å². The van der Waals surface area contributed by atoms with Crippen LogP contribution in [0.25, 0.3) is 0 Å². The molecule has 3 N–H and O–H groups in total. The van der Waals surface area contributed by atoms with Crippen molar-refractivity contribution in [2.75, 3.05) is 5.32 Å². The number of rotatable bonds is 5. The van der Waals surface area contributed by atoms with Crippen molar-refractivity contribution in [2.24, 2.45) is 5.73 Å². The van der Waals surface area contributed by atoms with Crippen molar-refractivity contribution < 1.29 is 9.59 Å². The van der Waals surface area contributed by atoms with E-state index in [4.69, 9.17) is 5.73 Å². The van der Waals surface area contributed by atoms with E-state index in [1.807, 2.05) is 13.8 Å². The SMILES string of the molecule is CCn1cc(NC(=O)C(C)n2cc(C)cn2)c(C(N)=O)n1. The fourth-order valence-electron chi connectivity index (χ4n) is 1.86. The summed E-state index contributed by atoms with van der Waals surface area (Å²) in [4.78, 5) is 23.6. The smallest absolute Gasteiger partial charge is 0.271 e. The summed E-state index contributed by atoms with van der Waals surface area (Å²) in [5.74, 6) is -0.976. The molecular weight excluding hydrogens is 272 g/mol. The molecule has 112 valence electrons. The summed E-state index contributed by atoms with van der Waals surface area (Å²) in [6, 6.07) is -0.510. The molecule has 1 unspecified atom stereocenters. The molecule has 0 aromatic carbocycles. The second-order valence-electron chi connectivity index (χ2n) is 4.77. The molecule has 0 spiro atoms. The zero-order valence-corrected chi connectivity index (χ0v) is 12.2. The van der Waals surface area contributed by atoms with E-state index in [-0.39, 0.29) is 11.6 Å². The summed E-state index contributed by atoms with van der Waals surface area (Å²) in [7, 11) is 0. The molecule has 2 aromatic rings. The molecule has 2 heterocycles. The zero-order chi connectivity index (χ0) is 15.6. The molecule has 2 amide bonds. The summed E-state index contributed by atoms with van der Waals surface area (Å²) in [6.45, 7) is 6.06. The Morgan fingerprint density at radius 2 is 2.14 bits per heavy atom. The molecule has 0 aliphatic rings. The number of nitrogens with zero attached hydrogens (tertiary/aromatic N) is 4. The van der Waals surface area contributed by atoms with E-state index in [2.05, 4.69) is 15.5 Å². The highest BCUT2D eigenvalue weighted by Crippen LogP contribution is 2.16. The molecule has 1 atom stereocenters. The molecule has 0 aliphatic heterocycles. The van der Waals surface area contributed by atoms with Crippen molar-refractivity contribution >= 4 is 17.5 Å². The highest BCUT2D eigenvalue weighted by molar-refractivity contribution is 6.02. The number of anilines is 1. The second kappa shape index (κ2) is 5.78. The van der Waals surface area contributed by atoms with E-state index >= 15 is 0 Å². The summed E-state index contributed by atoms with van der Waals surface area (Å²) < 4.78 is 3.09. The Bertz CT molecular complexity index is 672. The van der Waals surface area contributed by atoms with Gasteiger partial charge in [0.05, 0.1) is 11.9 Å². The van der Waals surface area contributed by atoms with Gasteiger partial charge in [-0.05, 0) is 26.3 Å². The predicted molar refractivity (Wildman–Crippen MR) is 76.7 cm³/mol. The first-order chi connectivity index (χ1) is 9.92. The fraction of sp³-hybridized carbons (Fsp3) is 0.385. The standard InChI is InChI=1S/C13H18N6O2/c1-4-18-7-10(11(17-18)12(14)20)16-13(21)9(3)19-6-8(2)5-15-19/h5-7,9H,4H2,1-3H3,(H2,14,20)(H,16,21). The van der Waals surface area contributed by atoms with Gasteiger partial charge in [-0.25, -0.2) is 0 Å². The number of nitrogens with one attached hydrogen (secondary N) is 1. The third-order valence-electron chi connectivity index (χ3n) is 3.08. The van der Waals surface area contributed by atoms with Crippen LogP contribution < -0.4 is 11.1 Å². The van der Waals surface area contributed by atoms with E-state index in [9.17, 15) is 9.59 Å². The van der Waals surface area contributed by atoms with Gasteiger partial charge in [-0.1, -0.05) is 0 Å². The maximum atomic E-state index is 12.2. The molecule has 0 saturated heterocycles. The van der Waals surface area contributed by atoms with Crippen molar-refractivity contribution in [3.8, 4) is 0 Å². The Morgan fingerprint density at radius 1 is 1.43 bits per heavy atom. The number of amides is 2. The van der Waals surface area contributed by atoms with Crippen LogP contribution in [0.3, 0.4) is 0 Å². The van der Waals surface area contributed by atoms with Crippen molar-refractivity contribution in [2.45, 2.75) is 33.4 Å². The van der Waals surface area contributed by atoms with E-state index in [1.54, 1.807) is 34.9 Å². The minimum atomic E-state index is -0.680. The maximum Gasteiger partial charge on any atom is 0.271 e. The molecule has 0 saturated carbocycles. The van der Waals surface area contributed by atoms with Crippen LogP contribution in [0.15, 0.2) is 18.6 Å². The van der Waals surface area contributed by atoms with Gasteiger partial charge in [0.15, 0.2) is 5.69 Å². The third kappa shape index (κ3) is 3.10. The van der Waals surface area contributed by atoms with Crippen molar-refractivity contribution in [3.05, 3.63) is 29.8 Å². The van der Waals surface area contributed by atoms with E-state index in [0.29, 0.717) is 12.2 Å². The highest BCUT2D eigenvalue weighted by Gasteiger charge is 2.20. The topological polar surface area (TPSA) is 108 Å². The molecule has 0 radical (unpaired) electrons. The van der Waals surface area contributed by atoms with Crippen LogP contribution in [0.4, 0.5) is 5.69 Å². The average Bonchev–Trinajstić information content (AvgIpc) is 3.04. The lowest BCUT2D eigenvalue weighted by molar-refractivity contribution is -0.119. The number of primary amides is 1. The molecule has 0 bridgehead atoms. The van der Waals surface area contributed by atoms with Gasteiger partial charge in [-0.2, -0.15) is 10.2 Å². The van der Waals surface area contributed by atoms with Crippen LogP contribution in [-0.4, -0.2) is 31.4 Å². The molecular formula is C13H18N6O2. The average molecular weight is 290 g/mol. The van der Waals surface area contributed by atoms with Gasteiger partial charge in [-0.15, -0.1) is 0 Å². The number of carbonyl (C=O) groups excluding carboxylic acids is 2. The molecule has 21 heavy (non-hydrogen) atoms. The van der Waals surface area contributed by atoms with E-state index in [0.717, 1.165) is 5.56 Å². The van der Waals surface area contributed by atoms with Crippen molar-refractivity contribution in [1.29, 1.82) is 0 Å². The second-order valence-corrected chi connectivity index (χ2v) is 4.77. The molecule has 0 aliphatic carbocycles. The van der Waals surface area contributed by atoms with Gasteiger partial charge >= 0.3 is 0 Å². The lowest BCUT2D eigenvalue weighted by Crippen LogP contribution is -2.25. The largest absolute Gasteiger partial charge is 0.364 e. The van der Waals surface area contributed by atoms with E-state index < -0.39 is 11.9 Å². The Kier molecular flexibility index (Phi) is 4.06. The molecule has 8 nitrogen and oxygen atoms in total. The fourth-order valence-corrected chi connectivity index (χ4v) is 1.86. The van der Waals surface area contributed by atoms with Crippen LogP contribution >= 0.6 is 0 Å². The summed E-state index contributed by atoms with van der Waals surface area (Å²) in [5, 5.41) is 10.8. The number of hydrogen-bond donors (Lipinski definition) is 2. The minimum Gasteiger partial charge on any atom is -0.364 e. The molecule has 2 rings (SSSR count). The number of aryl methyl sites for hydroxylation is 2. The van der Waals surface area contributed by atoms with E-state index in [1.165, 1.54) is 0 Å². The summed E-state index contributed by atoms with van der Waals surface area (Å²) in [6.07, 6.45) is 5.03. The monoisotopic (exact) mass is 290 g/mol. The lowest BCUT2D eigenvalue weighted by Gasteiger charge is -2.12. The third-order valence-corrected chi connectivity index (χ3v) is 3.08. The highest BCUT2D eigenvalue weighted by atomic mass is 16.2. The minimum absolute atomic E-state index is 0.0500. The Hall–Kier alpha value is -2.64. The van der Waals surface area contributed by atoms with Crippen LogP contribution in [-0.2, 0) is 11.3 Å². The van der Waals surface area contributed by atoms with Crippen LogP contribution in [0.5, 0.6) is 0 Å². The van der Waals surface area contributed by atoms with Crippen LogP contribution in [0, 0.1) is 6.92 Å². The number of aromatic nitrogens is 4. The van der Waals surface area contributed by atoms with Gasteiger partial charge in [0, 0.05) is 18.9 Å². The number of hydrogen-bond acceptors (Lipinski definition) is 4. The van der Waals surface area contributed by atoms with Gasteiger partial charge in [0.25, 0.3) is 5.91 Å². The first-order valence-electron chi connectivity index (χ1n) is 6.61. The lowest BCUT2D eigenvalue weighted by atomic mass is 10.3. The maximum absolute atomic E-state index is 12.2. The Labute approximate surface area is 121 Å². The first-order valence-corrected chi connectivity index (χ1v) is 6.61. The van der Waals surface area contributed by atoms with Gasteiger partial charge in [0.1, 0.15) is 6.04 Å². The summed E-state index contributed by atoms with van der Waals surface area (Å²) in [5.41, 5.74) is 6.59. The van der Waals surface area contributed by atoms with Gasteiger partial charge < -0.3 is 11.1 Å². The van der Waals surface area contributed by atoms with Gasteiger partial charge in [0.2, 0.25) is 5.91 Å². The quantitative estimate of drug-likeness (QED) is 0.845. The number of nitrogens with two attached hydrogens (primary N) is 1. The first kappa shape index (κ1) is 14.8. The van der Waals surface area contributed by atoms with Crippen LogP contribution in [0.1, 0.15) is 35.9 Å². The van der Waals surface area contributed by atoms with Gasteiger partial charge in [-0.3, -0.25) is 19.0 Å². The van der Waals surface area contributed by atoms with Crippen molar-refractivity contribution in [3.63, 3.8) is 0 Å². The Balaban J connectivity index is 2.19. The molecule has 8 heteroatoms. The zero-order valence-electron chi connectivity index (χ0n) is 12.2. The predicted octanol–water partition coefficient (Wildman–Crippen LogP) is 0.707. The molecule has 0 fully saturated rings. The normalized spacial score (nSPS) is 12.1.